The van der Waals surface area contributed by atoms with Gasteiger partial charge < -0.3 is 10.3 Å². The van der Waals surface area contributed by atoms with Crippen molar-refractivity contribution in [2.24, 2.45) is 0 Å². The fraction of sp³-hybridized carbons (Fsp3) is 0.500. The number of aromatic nitrogens is 1. The van der Waals surface area contributed by atoms with E-state index in [4.69, 9.17) is 0 Å². The summed E-state index contributed by atoms with van der Waals surface area (Å²) in [6, 6.07) is 7.00. The summed E-state index contributed by atoms with van der Waals surface area (Å²) < 4.78 is 30.0. The smallest absolute Gasteiger partial charge is 0.178 e. The number of aromatic amines is 1. The lowest BCUT2D eigenvalue weighted by atomic mass is 9.84. The second-order valence-corrected chi connectivity index (χ2v) is 7.81. The van der Waals surface area contributed by atoms with Crippen molar-refractivity contribution in [3.05, 3.63) is 60.1 Å². The number of unbranched alkanes of at least 4 members (excludes halogenated alkanes) is 7. The van der Waals surface area contributed by atoms with Gasteiger partial charge in [-0.1, -0.05) is 76.1 Å². The van der Waals surface area contributed by atoms with E-state index in [-0.39, 0.29) is 0 Å². The fourth-order valence-electron chi connectivity index (χ4n) is 4.03. The molecule has 0 spiro atoms. The number of halogens is 2. The van der Waals surface area contributed by atoms with E-state index in [9.17, 15) is 4.39 Å². The van der Waals surface area contributed by atoms with Crippen LogP contribution in [0.1, 0.15) is 63.9 Å². The first-order valence-electron chi connectivity index (χ1n) is 10.7. The second-order valence-electron chi connectivity index (χ2n) is 7.81. The van der Waals surface area contributed by atoms with E-state index in [0.717, 1.165) is 36.4 Å². The van der Waals surface area contributed by atoms with Gasteiger partial charge in [0, 0.05) is 22.7 Å². The zero-order chi connectivity index (χ0) is 19.8. The lowest BCUT2D eigenvalue weighted by Crippen LogP contribution is -2.45. The maximum absolute atomic E-state index is 16.1. The molecule has 2 N–H and O–H groups in total. The van der Waals surface area contributed by atoms with E-state index in [1.54, 1.807) is 12.3 Å². The van der Waals surface area contributed by atoms with Gasteiger partial charge in [-0.05, 0) is 31.2 Å². The molecule has 4 heteroatoms. The third-order valence-electron chi connectivity index (χ3n) is 5.65. The Morgan fingerprint density at radius 3 is 2.54 bits per heavy atom. The number of alkyl halides is 1. The highest BCUT2D eigenvalue weighted by Gasteiger charge is 2.41. The van der Waals surface area contributed by atoms with Gasteiger partial charge >= 0.3 is 0 Å². The van der Waals surface area contributed by atoms with Crippen LogP contribution in [-0.2, 0) is 5.67 Å². The van der Waals surface area contributed by atoms with Gasteiger partial charge in [0.05, 0.1) is 6.04 Å². The van der Waals surface area contributed by atoms with E-state index in [2.05, 4.69) is 17.2 Å². The third kappa shape index (κ3) is 4.91. The summed E-state index contributed by atoms with van der Waals surface area (Å²) in [4.78, 5) is 3.11. The number of hydrogen-bond donors (Lipinski definition) is 2. The average molecular weight is 387 g/mol. The molecule has 0 bridgehead atoms. The quantitative estimate of drug-likeness (QED) is 0.406. The van der Waals surface area contributed by atoms with Crippen LogP contribution in [0.15, 0.2) is 54.5 Å². The Morgan fingerprint density at radius 2 is 1.75 bits per heavy atom. The number of para-hydroxylation sites is 1. The Hall–Kier alpha value is -1.94. The number of hydrogen-bond acceptors (Lipinski definition) is 1. The van der Waals surface area contributed by atoms with Gasteiger partial charge in [0.25, 0.3) is 0 Å². The summed E-state index contributed by atoms with van der Waals surface area (Å²) in [6.07, 6.45) is 15.6. The van der Waals surface area contributed by atoms with Crippen molar-refractivity contribution in [3.8, 4) is 0 Å². The second kappa shape index (κ2) is 10.0. The SMILES string of the molecule is CCCCCCCCCCNC1C=CC(F)=CC1(F)c1c[nH]c2ccccc12. The van der Waals surface area contributed by atoms with Crippen LogP contribution in [0.2, 0.25) is 0 Å². The summed E-state index contributed by atoms with van der Waals surface area (Å²) in [7, 11) is 0. The summed E-state index contributed by atoms with van der Waals surface area (Å²) >= 11 is 0. The molecule has 1 aromatic heterocycles. The molecule has 152 valence electrons. The standard InChI is InChI=1S/C24H32F2N2/c1-2-3-4-5-6-7-8-11-16-27-23-15-14-19(25)17-24(23,26)21-18-28-22-13-10-9-12-20(21)22/h9-10,12-15,17-18,23,27-28H,2-8,11,16H2,1H3. The van der Waals surface area contributed by atoms with Crippen molar-refractivity contribution < 1.29 is 8.78 Å². The Bertz CT molecular complexity index is 808. The predicted octanol–water partition coefficient (Wildman–Crippen LogP) is 6.85. The summed E-state index contributed by atoms with van der Waals surface area (Å²) in [5, 5.41) is 4.10. The molecular formula is C24H32F2N2. The number of allylic oxidation sites excluding steroid dienone is 2. The molecule has 28 heavy (non-hydrogen) atoms. The molecule has 0 radical (unpaired) electrons. The first-order valence-corrected chi connectivity index (χ1v) is 10.7. The number of fused-ring (bicyclic) bond motifs is 1. The van der Waals surface area contributed by atoms with Crippen molar-refractivity contribution in [2.45, 2.75) is 70.0 Å². The number of rotatable bonds is 11. The van der Waals surface area contributed by atoms with Crippen molar-refractivity contribution in [3.63, 3.8) is 0 Å². The van der Waals surface area contributed by atoms with Crippen LogP contribution in [0.4, 0.5) is 8.78 Å². The molecule has 0 aliphatic heterocycles. The molecule has 2 atom stereocenters. The number of benzene rings is 1. The Balaban J connectivity index is 1.57. The van der Waals surface area contributed by atoms with Gasteiger partial charge in [-0.2, -0.15) is 0 Å². The molecule has 2 unspecified atom stereocenters. The monoisotopic (exact) mass is 386 g/mol. The van der Waals surface area contributed by atoms with Gasteiger partial charge in [-0.15, -0.1) is 0 Å². The maximum Gasteiger partial charge on any atom is 0.178 e. The van der Waals surface area contributed by atoms with E-state index in [0.29, 0.717) is 5.56 Å². The van der Waals surface area contributed by atoms with Crippen molar-refractivity contribution in [1.82, 2.24) is 10.3 Å². The molecule has 1 aliphatic carbocycles. The van der Waals surface area contributed by atoms with Crippen LogP contribution >= 0.6 is 0 Å². The Morgan fingerprint density at radius 1 is 1.04 bits per heavy atom. The average Bonchev–Trinajstić information content (AvgIpc) is 3.13. The molecule has 0 fully saturated rings. The summed E-state index contributed by atoms with van der Waals surface area (Å²) in [5.74, 6) is -0.530. The van der Waals surface area contributed by atoms with Crippen molar-refractivity contribution in [2.75, 3.05) is 6.54 Å². The minimum absolute atomic E-state index is 0.482. The maximum atomic E-state index is 16.1. The van der Waals surface area contributed by atoms with E-state index in [1.807, 2.05) is 24.3 Å². The van der Waals surface area contributed by atoms with E-state index >= 15 is 4.39 Å². The minimum Gasteiger partial charge on any atom is -0.361 e. The van der Waals surface area contributed by atoms with Crippen LogP contribution in [0.25, 0.3) is 10.9 Å². The van der Waals surface area contributed by atoms with Crippen LogP contribution < -0.4 is 5.32 Å². The molecule has 1 aliphatic rings. The van der Waals surface area contributed by atoms with Crippen LogP contribution in [0.5, 0.6) is 0 Å². The first-order chi connectivity index (χ1) is 13.6. The number of nitrogens with one attached hydrogen (secondary N) is 2. The van der Waals surface area contributed by atoms with E-state index in [1.165, 1.54) is 44.6 Å². The molecule has 1 aromatic carbocycles. The van der Waals surface area contributed by atoms with Crippen LogP contribution in [-0.4, -0.2) is 17.6 Å². The van der Waals surface area contributed by atoms with Crippen molar-refractivity contribution in [1.29, 1.82) is 0 Å². The third-order valence-corrected chi connectivity index (χ3v) is 5.65. The van der Waals surface area contributed by atoms with Gasteiger partial charge in [-0.3, -0.25) is 0 Å². The van der Waals surface area contributed by atoms with Crippen molar-refractivity contribution >= 4 is 10.9 Å². The lowest BCUT2D eigenvalue weighted by Gasteiger charge is -2.32. The summed E-state index contributed by atoms with van der Waals surface area (Å²) in [5.41, 5.74) is -0.561. The molecule has 0 amide bonds. The molecule has 3 rings (SSSR count). The van der Waals surface area contributed by atoms with E-state index < -0.39 is 17.5 Å². The van der Waals surface area contributed by atoms with Crippen LogP contribution in [0, 0.1) is 0 Å². The molecule has 2 nitrogen and oxygen atoms in total. The molecule has 2 aromatic rings. The zero-order valence-electron chi connectivity index (χ0n) is 16.8. The first kappa shape index (κ1) is 20.8. The molecule has 1 heterocycles. The normalized spacial score (nSPS) is 22.0. The van der Waals surface area contributed by atoms with Crippen LogP contribution in [0.3, 0.4) is 0 Å². The van der Waals surface area contributed by atoms with Gasteiger partial charge in [0.2, 0.25) is 0 Å². The molecule has 0 saturated heterocycles. The minimum atomic E-state index is -1.90. The summed E-state index contributed by atoms with van der Waals surface area (Å²) in [6.45, 7) is 2.96. The highest BCUT2D eigenvalue weighted by molar-refractivity contribution is 5.84. The highest BCUT2D eigenvalue weighted by atomic mass is 19.1. The largest absolute Gasteiger partial charge is 0.361 e. The topological polar surface area (TPSA) is 27.8 Å². The fourth-order valence-corrected chi connectivity index (χ4v) is 4.03. The zero-order valence-corrected chi connectivity index (χ0v) is 16.8. The molecular weight excluding hydrogens is 354 g/mol. The number of H-pyrrole nitrogens is 1. The Labute approximate surface area is 167 Å². The highest BCUT2D eigenvalue weighted by Crippen LogP contribution is 2.40. The van der Waals surface area contributed by atoms with Gasteiger partial charge in [0.1, 0.15) is 5.83 Å². The predicted molar refractivity (Wildman–Crippen MR) is 114 cm³/mol. The lowest BCUT2D eigenvalue weighted by molar-refractivity contribution is 0.182. The molecule has 0 saturated carbocycles. The van der Waals surface area contributed by atoms with Gasteiger partial charge in [-0.25, -0.2) is 8.78 Å². The van der Waals surface area contributed by atoms with Gasteiger partial charge in [0.15, 0.2) is 5.67 Å². The Kier molecular flexibility index (Phi) is 7.43.